The minimum atomic E-state index is -0.344. The summed E-state index contributed by atoms with van der Waals surface area (Å²) in [5.41, 5.74) is 0.510. The van der Waals surface area contributed by atoms with Gasteiger partial charge in [0.1, 0.15) is 5.82 Å². The van der Waals surface area contributed by atoms with E-state index in [2.05, 4.69) is 13.8 Å². The maximum Gasteiger partial charge on any atom is 0.176 e. The van der Waals surface area contributed by atoms with Crippen LogP contribution >= 0.6 is 0 Å². The number of nitrogens with zero attached hydrogens (tertiary/aromatic N) is 1. The second kappa shape index (κ2) is 8.02. The number of aliphatic hydroxyl groups is 1. The van der Waals surface area contributed by atoms with E-state index in [0.717, 1.165) is 12.8 Å². The lowest BCUT2D eigenvalue weighted by Crippen LogP contribution is -2.40. The van der Waals surface area contributed by atoms with Crippen molar-refractivity contribution in [3.63, 3.8) is 0 Å². The van der Waals surface area contributed by atoms with Crippen LogP contribution in [0.3, 0.4) is 0 Å². The Kier molecular flexibility index (Phi) is 6.67. The smallest absolute Gasteiger partial charge is 0.176 e. The first kappa shape index (κ1) is 15.8. The van der Waals surface area contributed by atoms with Crippen molar-refractivity contribution in [3.05, 3.63) is 35.6 Å². The third-order valence-corrected chi connectivity index (χ3v) is 3.36. The second-order valence-electron chi connectivity index (χ2n) is 4.59. The molecule has 0 heterocycles. The summed E-state index contributed by atoms with van der Waals surface area (Å²) in [4.78, 5) is 14.1. The van der Waals surface area contributed by atoms with Crippen molar-refractivity contribution in [2.75, 3.05) is 19.7 Å². The van der Waals surface area contributed by atoms with Gasteiger partial charge in [-0.2, -0.15) is 0 Å². The molecule has 0 aliphatic carbocycles. The normalized spacial score (nSPS) is 11.3. The van der Waals surface area contributed by atoms with Crippen molar-refractivity contribution in [1.82, 2.24) is 4.90 Å². The van der Waals surface area contributed by atoms with Crippen LogP contribution in [0.1, 0.15) is 37.0 Å². The highest BCUT2D eigenvalue weighted by molar-refractivity contribution is 5.97. The zero-order valence-corrected chi connectivity index (χ0v) is 11.6. The van der Waals surface area contributed by atoms with E-state index >= 15 is 0 Å². The van der Waals surface area contributed by atoms with Crippen LogP contribution < -0.4 is 0 Å². The quantitative estimate of drug-likeness (QED) is 0.736. The Balaban J connectivity index is 2.72. The molecule has 0 amide bonds. The maximum absolute atomic E-state index is 12.8. The molecule has 0 saturated carbocycles. The van der Waals surface area contributed by atoms with Gasteiger partial charge in [-0.3, -0.25) is 9.69 Å². The molecule has 1 rings (SSSR count). The van der Waals surface area contributed by atoms with Crippen molar-refractivity contribution in [1.29, 1.82) is 0 Å². The van der Waals surface area contributed by atoms with Gasteiger partial charge in [-0.15, -0.1) is 0 Å². The van der Waals surface area contributed by atoms with E-state index < -0.39 is 0 Å². The summed E-state index contributed by atoms with van der Waals surface area (Å²) >= 11 is 0. The lowest BCUT2D eigenvalue weighted by atomic mass is 10.1. The highest BCUT2D eigenvalue weighted by Gasteiger charge is 2.18. The van der Waals surface area contributed by atoms with Crippen LogP contribution in [0.4, 0.5) is 4.39 Å². The van der Waals surface area contributed by atoms with Crippen LogP contribution in [-0.2, 0) is 0 Å². The molecule has 1 aromatic rings. The van der Waals surface area contributed by atoms with Gasteiger partial charge >= 0.3 is 0 Å². The zero-order chi connectivity index (χ0) is 14.3. The van der Waals surface area contributed by atoms with Gasteiger partial charge in [0.2, 0.25) is 0 Å². The fraction of sp³-hybridized carbons (Fsp3) is 0.533. The van der Waals surface area contributed by atoms with Crippen LogP contribution in [0.5, 0.6) is 0 Å². The summed E-state index contributed by atoms with van der Waals surface area (Å²) in [5, 5.41) is 9.09. The molecule has 3 nitrogen and oxygen atoms in total. The molecule has 0 bridgehead atoms. The van der Waals surface area contributed by atoms with E-state index in [0.29, 0.717) is 12.1 Å². The Hall–Kier alpha value is -1.26. The predicted molar refractivity (Wildman–Crippen MR) is 73.8 cm³/mol. The fourth-order valence-electron chi connectivity index (χ4n) is 2.24. The SMILES string of the molecule is CCC(CC)N(CCO)CC(=O)c1ccc(F)cc1. The molecule has 1 aromatic carbocycles. The van der Waals surface area contributed by atoms with Crippen molar-refractivity contribution < 1.29 is 14.3 Å². The highest BCUT2D eigenvalue weighted by atomic mass is 19.1. The molecule has 0 radical (unpaired) electrons. The van der Waals surface area contributed by atoms with E-state index in [1.54, 1.807) is 0 Å². The van der Waals surface area contributed by atoms with Crippen molar-refractivity contribution >= 4 is 5.78 Å². The molecule has 4 heteroatoms. The Bertz CT molecular complexity index is 388. The van der Waals surface area contributed by atoms with Gasteiger partial charge in [0.25, 0.3) is 0 Å². The number of carbonyl (C=O) groups excluding carboxylic acids is 1. The zero-order valence-electron chi connectivity index (χ0n) is 11.6. The maximum atomic E-state index is 12.8. The number of hydrogen-bond donors (Lipinski definition) is 1. The molecule has 0 atom stereocenters. The number of rotatable bonds is 8. The first-order valence-electron chi connectivity index (χ1n) is 6.76. The van der Waals surface area contributed by atoms with Gasteiger partial charge in [0.15, 0.2) is 5.78 Å². The summed E-state index contributed by atoms with van der Waals surface area (Å²) < 4.78 is 12.8. The molecular weight excluding hydrogens is 245 g/mol. The number of halogens is 1. The van der Waals surface area contributed by atoms with Crippen molar-refractivity contribution in [3.8, 4) is 0 Å². The summed E-state index contributed by atoms with van der Waals surface area (Å²) in [7, 11) is 0. The van der Waals surface area contributed by atoms with Gasteiger partial charge in [-0.1, -0.05) is 13.8 Å². The molecule has 0 aromatic heterocycles. The van der Waals surface area contributed by atoms with Crippen LogP contribution in [0.15, 0.2) is 24.3 Å². The standard InChI is InChI=1S/C15H22FNO2/c1-3-14(4-2)17(9-10-18)11-15(19)12-5-7-13(16)8-6-12/h5-8,14,18H,3-4,9-11H2,1-2H3. The number of Topliss-reactive ketones (excluding diaryl/α,β-unsaturated/α-hetero) is 1. The van der Waals surface area contributed by atoms with Crippen LogP contribution in [0.25, 0.3) is 0 Å². The molecule has 0 aliphatic heterocycles. The second-order valence-corrected chi connectivity index (χ2v) is 4.59. The number of benzene rings is 1. The molecule has 0 spiro atoms. The topological polar surface area (TPSA) is 40.5 Å². The summed E-state index contributed by atoms with van der Waals surface area (Å²) in [6.07, 6.45) is 1.88. The monoisotopic (exact) mass is 267 g/mol. The molecule has 0 aliphatic rings. The molecule has 1 N–H and O–H groups in total. The van der Waals surface area contributed by atoms with Gasteiger partial charge in [0, 0.05) is 18.2 Å². The molecule has 106 valence electrons. The molecule has 0 saturated heterocycles. The number of ketones is 1. The third kappa shape index (κ3) is 4.73. The summed E-state index contributed by atoms with van der Waals surface area (Å²) in [5.74, 6) is -0.385. The van der Waals surface area contributed by atoms with E-state index in [4.69, 9.17) is 5.11 Å². The van der Waals surface area contributed by atoms with Crippen LogP contribution in [0.2, 0.25) is 0 Å². The number of aliphatic hydroxyl groups excluding tert-OH is 1. The number of hydrogen-bond acceptors (Lipinski definition) is 3. The van der Waals surface area contributed by atoms with Crippen LogP contribution in [0, 0.1) is 5.82 Å². The van der Waals surface area contributed by atoms with Gasteiger partial charge in [0.05, 0.1) is 13.2 Å². The van der Waals surface area contributed by atoms with Gasteiger partial charge in [-0.05, 0) is 37.1 Å². The molecule has 0 unspecified atom stereocenters. The minimum Gasteiger partial charge on any atom is -0.395 e. The molecular formula is C15H22FNO2. The van der Waals surface area contributed by atoms with E-state index in [9.17, 15) is 9.18 Å². The lowest BCUT2D eigenvalue weighted by Gasteiger charge is -2.29. The van der Waals surface area contributed by atoms with Crippen molar-refractivity contribution in [2.24, 2.45) is 0 Å². The Morgan fingerprint density at radius 1 is 1.26 bits per heavy atom. The third-order valence-electron chi connectivity index (χ3n) is 3.36. The minimum absolute atomic E-state index is 0.0349. The number of carbonyl (C=O) groups is 1. The highest BCUT2D eigenvalue weighted by Crippen LogP contribution is 2.11. The fourth-order valence-corrected chi connectivity index (χ4v) is 2.24. The van der Waals surface area contributed by atoms with Gasteiger partial charge < -0.3 is 5.11 Å². The average Bonchev–Trinajstić information content (AvgIpc) is 2.41. The first-order valence-corrected chi connectivity index (χ1v) is 6.76. The summed E-state index contributed by atoms with van der Waals surface area (Å²) in [6.45, 7) is 4.92. The average molecular weight is 267 g/mol. The van der Waals surface area contributed by atoms with Gasteiger partial charge in [-0.25, -0.2) is 4.39 Å². The predicted octanol–water partition coefficient (Wildman–Crippen LogP) is 2.49. The first-order chi connectivity index (χ1) is 9.12. The van der Waals surface area contributed by atoms with E-state index in [-0.39, 0.29) is 30.8 Å². The van der Waals surface area contributed by atoms with Crippen molar-refractivity contribution in [2.45, 2.75) is 32.7 Å². The molecule has 19 heavy (non-hydrogen) atoms. The van der Waals surface area contributed by atoms with Crippen LogP contribution in [-0.4, -0.2) is 41.5 Å². The Morgan fingerprint density at radius 2 is 1.84 bits per heavy atom. The van der Waals surface area contributed by atoms with E-state index in [1.165, 1.54) is 24.3 Å². The molecule has 0 fully saturated rings. The lowest BCUT2D eigenvalue weighted by molar-refractivity contribution is 0.0850. The Morgan fingerprint density at radius 3 is 2.32 bits per heavy atom. The summed E-state index contributed by atoms with van der Waals surface area (Å²) in [6, 6.07) is 5.88. The van der Waals surface area contributed by atoms with E-state index in [1.807, 2.05) is 4.90 Å². The largest absolute Gasteiger partial charge is 0.395 e. The Labute approximate surface area is 114 Å².